The molecular formula is C25H20N4O3. The fraction of sp³-hybridized carbons (Fsp3) is 0.0800. The fourth-order valence-electron chi connectivity index (χ4n) is 3.37. The minimum absolute atomic E-state index is 0.00217. The van der Waals surface area contributed by atoms with Gasteiger partial charge in [-0.05, 0) is 49.7 Å². The van der Waals surface area contributed by atoms with Gasteiger partial charge in [-0.3, -0.25) is 14.9 Å². The first kappa shape index (κ1) is 20.9. The van der Waals surface area contributed by atoms with Gasteiger partial charge in [0, 0.05) is 23.1 Å². The van der Waals surface area contributed by atoms with Gasteiger partial charge in [0.25, 0.3) is 11.6 Å². The van der Waals surface area contributed by atoms with Crippen LogP contribution in [-0.4, -0.2) is 21.5 Å². The molecule has 0 saturated carbocycles. The molecule has 0 fully saturated rings. The summed E-state index contributed by atoms with van der Waals surface area (Å²) in [7, 11) is 0. The molecule has 0 aliphatic heterocycles. The Morgan fingerprint density at radius 2 is 1.72 bits per heavy atom. The summed E-state index contributed by atoms with van der Waals surface area (Å²) in [5.41, 5.74) is 7.64. The maximum Gasteiger partial charge on any atom is 0.272 e. The maximum atomic E-state index is 13.1. The molecule has 1 N–H and O–H groups in total. The summed E-state index contributed by atoms with van der Waals surface area (Å²) in [5, 5.41) is 15.8. The van der Waals surface area contributed by atoms with Gasteiger partial charge >= 0.3 is 0 Å². The number of amides is 1. The molecule has 7 heteroatoms. The number of hydrogen-bond acceptors (Lipinski definition) is 5. The van der Waals surface area contributed by atoms with Crippen LogP contribution in [0.5, 0.6) is 0 Å². The van der Waals surface area contributed by atoms with Crippen LogP contribution in [0.25, 0.3) is 22.2 Å². The van der Waals surface area contributed by atoms with E-state index >= 15 is 0 Å². The molecule has 0 aliphatic carbocycles. The number of non-ortho nitro benzene ring substituents is 1. The molecule has 0 atom stereocenters. The van der Waals surface area contributed by atoms with Crippen molar-refractivity contribution in [2.75, 3.05) is 0 Å². The van der Waals surface area contributed by atoms with E-state index in [1.54, 1.807) is 25.1 Å². The first-order valence-corrected chi connectivity index (χ1v) is 9.98. The molecule has 3 aromatic carbocycles. The van der Waals surface area contributed by atoms with Gasteiger partial charge in [0.15, 0.2) is 0 Å². The molecule has 0 radical (unpaired) electrons. The lowest BCUT2D eigenvalue weighted by atomic mass is 10.0. The number of aromatic nitrogens is 1. The topological polar surface area (TPSA) is 97.5 Å². The number of fused-ring (bicyclic) bond motifs is 1. The van der Waals surface area contributed by atoms with Crippen molar-refractivity contribution in [3.8, 4) is 11.3 Å². The third kappa shape index (κ3) is 4.37. The van der Waals surface area contributed by atoms with E-state index in [9.17, 15) is 14.9 Å². The highest BCUT2D eigenvalue weighted by atomic mass is 16.6. The number of nitro groups is 1. The second-order valence-corrected chi connectivity index (χ2v) is 7.38. The third-order valence-electron chi connectivity index (χ3n) is 5.10. The number of hydrogen-bond donors (Lipinski definition) is 1. The molecule has 1 amide bonds. The zero-order chi connectivity index (χ0) is 22.7. The second-order valence-electron chi connectivity index (χ2n) is 7.38. The van der Waals surface area contributed by atoms with Gasteiger partial charge in [-0.25, -0.2) is 10.4 Å². The number of nitro benzene ring substituents is 1. The Morgan fingerprint density at radius 3 is 2.41 bits per heavy atom. The zero-order valence-electron chi connectivity index (χ0n) is 17.6. The Hall–Kier alpha value is -4.39. The normalized spacial score (nSPS) is 11.4. The number of hydrazone groups is 1. The summed E-state index contributed by atoms with van der Waals surface area (Å²) in [5.74, 6) is -0.360. The van der Waals surface area contributed by atoms with E-state index in [0.29, 0.717) is 22.5 Å². The van der Waals surface area contributed by atoms with Crippen LogP contribution in [0, 0.1) is 17.0 Å². The molecule has 1 aromatic heterocycles. The van der Waals surface area contributed by atoms with Gasteiger partial charge in [-0.15, -0.1) is 0 Å². The zero-order valence-corrected chi connectivity index (χ0v) is 17.6. The van der Waals surface area contributed by atoms with Gasteiger partial charge < -0.3 is 0 Å². The van der Waals surface area contributed by atoms with Crippen LogP contribution in [0.15, 0.2) is 84.0 Å². The second kappa shape index (κ2) is 8.77. The van der Waals surface area contributed by atoms with Crippen molar-refractivity contribution < 1.29 is 9.72 Å². The van der Waals surface area contributed by atoms with Crippen molar-refractivity contribution in [2.45, 2.75) is 13.8 Å². The van der Waals surface area contributed by atoms with Crippen molar-refractivity contribution in [3.05, 3.63) is 106 Å². The van der Waals surface area contributed by atoms with Crippen LogP contribution < -0.4 is 5.43 Å². The van der Waals surface area contributed by atoms with Crippen molar-refractivity contribution in [1.82, 2.24) is 10.4 Å². The van der Waals surface area contributed by atoms with Crippen LogP contribution >= 0.6 is 0 Å². The van der Waals surface area contributed by atoms with Crippen molar-refractivity contribution in [3.63, 3.8) is 0 Å². The molecule has 0 saturated heterocycles. The highest BCUT2D eigenvalue weighted by molar-refractivity contribution is 6.08. The number of nitrogens with zero attached hydrogens (tertiary/aromatic N) is 3. The third-order valence-corrected chi connectivity index (χ3v) is 5.10. The molecule has 4 rings (SSSR count). The predicted molar refractivity (Wildman–Crippen MR) is 125 cm³/mol. The highest BCUT2D eigenvalue weighted by Gasteiger charge is 2.14. The Labute approximate surface area is 184 Å². The smallest absolute Gasteiger partial charge is 0.267 e. The Balaban J connectivity index is 1.68. The van der Waals surface area contributed by atoms with Gasteiger partial charge in [-0.2, -0.15) is 5.10 Å². The van der Waals surface area contributed by atoms with Crippen LogP contribution in [0.1, 0.15) is 28.4 Å². The van der Waals surface area contributed by atoms with E-state index in [0.717, 1.165) is 22.0 Å². The van der Waals surface area contributed by atoms with Crippen LogP contribution in [-0.2, 0) is 0 Å². The summed E-state index contributed by atoms with van der Waals surface area (Å²) < 4.78 is 0. The number of carbonyl (C=O) groups is 1. The largest absolute Gasteiger partial charge is 0.272 e. The first-order chi connectivity index (χ1) is 15.4. The minimum Gasteiger partial charge on any atom is -0.267 e. The number of aryl methyl sites for hydroxylation is 1. The van der Waals surface area contributed by atoms with Crippen LogP contribution in [0.2, 0.25) is 0 Å². The quantitative estimate of drug-likeness (QED) is 0.268. The van der Waals surface area contributed by atoms with Crippen LogP contribution in [0.3, 0.4) is 0 Å². The summed E-state index contributed by atoms with van der Waals surface area (Å²) >= 11 is 0. The summed E-state index contributed by atoms with van der Waals surface area (Å²) in [6.07, 6.45) is 0. The summed E-state index contributed by atoms with van der Waals surface area (Å²) in [6, 6.07) is 23.2. The fourth-order valence-corrected chi connectivity index (χ4v) is 3.37. The average Bonchev–Trinajstić information content (AvgIpc) is 2.82. The van der Waals surface area contributed by atoms with E-state index in [1.165, 1.54) is 12.1 Å². The Bertz CT molecular complexity index is 1350. The predicted octanol–water partition coefficient (Wildman–Crippen LogP) is 5.27. The van der Waals surface area contributed by atoms with Crippen molar-refractivity contribution in [1.29, 1.82) is 0 Å². The number of nitrogens with one attached hydrogen (secondary N) is 1. The van der Waals surface area contributed by atoms with Gasteiger partial charge in [-0.1, -0.05) is 42.0 Å². The van der Waals surface area contributed by atoms with E-state index in [4.69, 9.17) is 4.98 Å². The molecule has 0 spiro atoms. The molecule has 0 unspecified atom stereocenters. The lowest BCUT2D eigenvalue weighted by Crippen LogP contribution is -2.20. The van der Waals surface area contributed by atoms with Gasteiger partial charge in [0.1, 0.15) is 0 Å². The summed E-state index contributed by atoms with van der Waals surface area (Å²) in [4.78, 5) is 28.2. The molecule has 0 aliphatic rings. The maximum absolute atomic E-state index is 13.1. The van der Waals surface area contributed by atoms with Gasteiger partial charge in [0.2, 0.25) is 0 Å². The Morgan fingerprint density at radius 1 is 1.00 bits per heavy atom. The minimum atomic E-state index is -0.459. The van der Waals surface area contributed by atoms with E-state index in [-0.39, 0.29) is 11.6 Å². The number of benzene rings is 3. The van der Waals surface area contributed by atoms with E-state index in [1.807, 2.05) is 55.5 Å². The van der Waals surface area contributed by atoms with E-state index < -0.39 is 4.92 Å². The molecular weight excluding hydrogens is 404 g/mol. The molecule has 1 heterocycles. The number of carbonyl (C=O) groups excluding carboxylic acids is 1. The Kier molecular flexibility index (Phi) is 5.72. The molecule has 158 valence electrons. The molecule has 4 aromatic rings. The molecule has 7 nitrogen and oxygen atoms in total. The molecule has 32 heavy (non-hydrogen) atoms. The average molecular weight is 424 g/mol. The number of rotatable bonds is 5. The van der Waals surface area contributed by atoms with Crippen molar-refractivity contribution in [2.24, 2.45) is 5.10 Å². The van der Waals surface area contributed by atoms with E-state index in [2.05, 4.69) is 10.5 Å². The monoisotopic (exact) mass is 424 g/mol. The summed E-state index contributed by atoms with van der Waals surface area (Å²) in [6.45, 7) is 3.69. The standard InChI is InChI=1S/C25H20N4O3/c1-16-8-13-23-21(14-16)22(15-24(26-23)19-6-4-3-5-7-19)25(30)28-27-17(2)18-9-11-20(12-10-18)29(31)32/h3-15H,1-2H3,(H,28,30). The first-order valence-electron chi connectivity index (χ1n) is 9.98. The van der Waals surface area contributed by atoms with Crippen molar-refractivity contribution >= 4 is 28.2 Å². The SMILES string of the molecule is CC(=NNC(=O)c1cc(-c2ccccc2)nc2ccc(C)cc12)c1ccc([N+](=O)[O-])cc1. The number of pyridine rings is 1. The van der Waals surface area contributed by atoms with Gasteiger partial charge in [0.05, 0.1) is 27.4 Å². The van der Waals surface area contributed by atoms with Crippen LogP contribution in [0.4, 0.5) is 5.69 Å². The molecule has 0 bridgehead atoms. The highest BCUT2D eigenvalue weighted by Crippen LogP contribution is 2.25. The lowest BCUT2D eigenvalue weighted by molar-refractivity contribution is -0.384. The lowest BCUT2D eigenvalue weighted by Gasteiger charge is -2.10.